The van der Waals surface area contributed by atoms with Gasteiger partial charge < -0.3 is 10.3 Å². The Bertz CT molecular complexity index is 581. The van der Waals surface area contributed by atoms with Gasteiger partial charge in [0.1, 0.15) is 5.76 Å². The van der Waals surface area contributed by atoms with Crippen molar-refractivity contribution in [2.24, 2.45) is 11.8 Å². The van der Waals surface area contributed by atoms with Crippen LogP contribution in [-0.2, 0) is 0 Å². The van der Waals surface area contributed by atoms with Crippen LogP contribution in [0.2, 0.25) is 0 Å². The van der Waals surface area contributed by atoms with Crippen LogP contribution in [0.5, 0.6) is 0 Å². The smallest absolute Gasteiger partial charge is 0.175 e. The Kier molecular flexibility index (Phi) is 2.37. The van der Waals surface area contributed by atoms with Gasteiger partial charge in [0.05, 0.1) is 5.56 Å². The summed E-state index contributed by atoms with van der Waals surface area (Å²) in [5.74, 6) is 3.63. The average Bonchev–Trinajstić information content (AvgIpc) is 3.07. The summed E-state index contributed by atoms with van der Waals surface area (Å²) in [6.45, 7) is 0. The van der Waals surface area contributed by atoms with Crippen LogP contribution < -0.4 is 5.73 Å². The van der Waals surface area contributed by atoms with Crippen molar-refractivity contribution in [1.82, 2.24) is 10.1 Å². The van der Waals surface area contributed by atoms with Gasteiger partial charge in [0.25, 0.3) is 0 Å². The molecule has 2 unspecified atom stereocenters. The molecule has 98 valence electrons. The van der Waals surface area contributed by atoms with E-state index < -0.39 is 0 Å². The largest absolute Gasteiger partial charge is 0.380 e. The zero-order valence-corrected chi connectivity index (χ0v) is 10.7. The lowest BCUT2D eigenvalue weighted by atomic mass is 10.0. The van der Waals surface area contributed by atoms with Gasteiger partial charge in [-0.1, -0.05) is 18.0 Å². The molecule has 19 heavy (non-hydrogen) atoms. The highest BCUT2D eigenvalue weighted by Crippen LogP contribution is 2.62. The maximum absolute atomic E-state index is 6.00. The molecule has 2 saturated carbocycles. The molecule has 0 aliphatic heterocycles. The number of nitrogens with zero attached hydrogens (tertiary/aromatic N) is 2. The first-order valence-corrected chi connectivity index (χ1v) is 7.01. The molecule has 2 aliphatic carbocycles. The first-order valence-electron chi connectivity index (χ1n) is 7.01. The molecular formula is C15H17N3O. The summed E-state index contributed by atoms with van der Waals surface area (Å²) < 4.78 is 5.57. The van der Waals surface area contributed by atoms with Gasteiger partial charge in [0.15, 0.2) is 5.82 Å². The Morgan fingerprint density at radius 2 is 1.79 bits per heavy atom. The van der Waals surface area contributed by atoms with E-state index in [1.165, 1.54) is 25.7 Å². The van der Waals surface area contributed by atoms with Crippen LogP contribution in [0.1, 0.15) is 37.4 Å². The number of rotatable bonds is 2. The number of pyridine rings is 1. The van der Waals surface area contributed by atoms with E-state index in [9.17, 15) is 0 Å². The highest BCUT2D eigenvalue weighted by molar-refractivity contribution is 5.76. The number of nitrogen functional groups attached to an aromatic ring is 1. The lowest BCUT2D eigenvalue weighted by Crippen LogP contribution is -1.91. The third-order valence-corrected chi connectivity index (χ3v) is 4.67. The summed E-state index contributed by atoms with van der Waals surface area (Å²) in [6.07, 6.45) is 8.92. The molecule has 2 aromatic heterocycles. The van der Waals surface area contributed by atoms with E-state index in [4.69, 9.17) is 10.3 Å². The van der Waals surface area contributed by atoms with E-state index in [1.54, 1.807) is 12.4 Å². The summed E-state index contributed by atoms with van der Waals surface area (Å²) in [6, 6.07) is 3.94. The van der Waals surface area contributed by atoms with Crippen molar-refractivity contribution in [1.29, 1.82) is 0 Å². The number of hydrogen-bond acceptors (Lipinski definition) is 4. The van der Waals surface area contributed by atoms with Crippen LogP contribution in [0.15, 0.2) is 29.0 Å². The SMILES string of the molecule is Nc1noc(C2C3CCCCC32)c1-c1ccncc1. The molecule has 0 bridgehead atoms. The Hall–Kier alpha value is -1.84. The Morgan fingerprint density at radius 3 is 2.47 bits per heavy atom. The molecular weight excluding hydrogens is 238 g/mol. The number of fused-ring (bicyclic) bond motifs is 1. The van der Waals surface area contributed by atoms with Crippen LogP contribution >= 0.6 is 0 Å². The Morgan fingerprint density at radius 1 is 1.11 bits per heavy atom. The summed E-state index contributed by atoms with van der Waals surface area (Å²) in [5, 5.41) is 3.99. The van der Waals surface area contributed by atoms with E-state index in [2.05, 4.69) is 10.1 Å². The predicted octanol–water partition coefficient (Wildman–Crippen LogP) is 3.22. The van der Waals surface area contributed by atoms with Gasteiger partial charge in [-0.05, 0) is 42.4 Å². The number of anilines is 1. The van der Waals surface area contributed by atoms with E-state index >= 15 is 0 Å². The summed E-state index contributed by atoms with van der Waals surface area (Å²) in [7, 11) is 0. The first-order chi connectivity index (χ1) is 9.36. The van der Waals surface area contributed by atoms with Crippen molar-refractivity contribution < 1.29 is 4.52 Å². The van der Waals surface area contributed by atoms with Crippen LogP contribution in [0, 0.1) is 11.8 Å². The second kappa shape index (κ2) is 4.08. The van der Waals surface area contributed by atoms with Crippen molar-refractivity contribution in [3.05, 3.63) is 30.3 Å². The second-order valence-electron chi connectivity index (χ2n) is 5.68. The molecule has 0 aromatic carbocycles. The zero-order chi connectivity index (χ0) is 12.8. The topological polar surface area (TPSA) is 64.9 Å². The lowest BCUT2D eigenvalue weighted by Gasteiger charge is -2.04. The van der Waals surface area contributed by atoms with Crippen molar-refractivity contribution in [3.63, 3.8) is 0 Å². The van der Waals surface area contributed by atoms with Crippen LogP contribution in [0.3, 0.4) is 0 Å². The van der Waals surface area contributed by atoms with Crippen molar-refractivity contribution >= 4 is 5.82 Å². The third-order valence-electron chi connectivity index (χ3n) is 4.67. The third kappa shape index (κ3) is 1.66. The van der Waals surface area contributed by atoms with E-state index in [-0.39, 0.29) is 0 Å². The number of hydrogen-bond donors (Lipinski definition) is 1. The van der Waals surface area contributed by atoms with Crippen molar-refractivity contribution in [3.8, 4) is 11.1 Å². The molecule has 0 amide bonds. The summed E-state index contributed by atoms with van der Waals surface area (Å²) in [5.41, 5.74) is 8.05. The number of nitrogens with two attached hydrogens (primary N) is 1. The fourth-order valence-electron chi connectivity index (χ4n) is 3.73. The molecule has 2 N–H and O–H groups in total. The molecule has 0 spiro atoms. The minimum absolute atomic E-state index is 0.504. The molecule has 0 radical (unpaired) electrons. The van der Waals surface area contributed by atoms with Gasteiger partial charge in [-0.25, -0.2) is 0 Å². The normalized spacial score (nSPS) is 28.9. The number of aromatic nitrogens is 2. The fourth-order valence-corrected chi connectivity index (χ4v) is 3.73. The standard InChI is InChI=1S/C15H17N3O/c16-15-12(9-5-7-17-8-6-9)14(19-18-15)13-10-3-1-2-4-11(10)13/h5-8,10-11,13H,1-4H2,(H2,16,18). The minimum atomic E-state index is 0.504. The molecule has 4 heteroatoms. The predicted molar refractivity (Wildman–Crippen MR) is 72.3 cm³/mol. The quantitative estimate of drug-likeness (QED) is 0.894. The molecule has 4 nitrogen and oxygen atoms in total. The summed E-state index contributed by atoms with van der Waals surface area (Å²) in [4.78, 5) is 4.06. The average molecular weight is 255 g/mol. The summed E-state index contributed by atoms with van der Waals surface area (Å²) >= 11 is 0. The monoisotopic (exact) mass is 255 g/mol. The zero-order valence-electron chi connectivity index (χ0n) is 10.7. The highest BCUT2D eigenvalue weighted by Gasteiger charge is 2.54. The van der Waals surface area contributed by atoms with E-state index in [0.29, 0.717) is 11.7 Å². The van der Waals surface area contributed by atoms with Gasteiger partial charge in [0, 0.05) is 18.3 Å². The molecule has 2 aromatic rings. The van der Waals surface area contributed by atoms with Gasteiger partial charge in [-0.3, -0.25) is 4.98 Å². The van der Waals surface area contributed by atoms with Crippen LogP contribution in [0.4, 0.5) is 5.82 Å². The minimum Gasteiger partial charge on any atom is -0.380 e. The molecule has 2 aliphatic rings. The van der Waals surface area contributed by atoms with Crippen molar-refractivity contribution in [2.45, 2.75) is 31.6 Å². The van der Waals surface area contributed by atoms with Gasteiger partial charge >= 0.3 is 0 Å². The van der Waals surface area contributed by atoms with E-state index in [0.717, 1.165) is 28.7 Å². The Labute approximate surface area is 112 Å². The highest BCUT2D eigenvalue weighted by atomic mass is 16.5. The fraction of sp³-hybridized carbons (Fsp3) is 0.467. The van der Waals surface area contributed by atoms with Crippen LogP contribution in [-0.4, -0.2) is 10.1 Å². The molecule has 4 rings (SSSR count). The van der Waals surface area contributed by atoms with Gasteiger partial charge in [0.2, 0.25) is 0 Å². The lowest BCUT2D eigenvalue weighted by molar-refractivity contribution is 0.381. The van der Waals surface area contributed by atoms with E-state index in [1.807, 2.05) is 12.1 Å². The van der Waals surface area contributed by atoms with Crippen molar-refractivity contribution in [2.75, 3.05) is 5.73 Å². The maximum atomic E-state index is 6.00. The molecule has 2 atom stereocenters. The molecule has 2 heterocycles. The molecule has 2 fully saturated rings. The van der Waals surface area contributed by atoms with Gasteiger partial charge in [-0.15, -0.1) is 0 Å². The molecule has 0 saturated heterocycles. The van der Waals surface area contributed by atoms with Crippen LogP contribution in [0.25, 0.3) is 11.1 Å². The Balaban J connectivity index is 1.75. The second-order valence-corrected chi connectivity index (χ2v) is 5.68. The maximum Gasteiger partial charge on any atom is 0.175 e. The first kappa shape index (κ1) is 11.0. The van der Waals surface area contributed by atoms with Gasteiger partial charge in [-0.2, -0.15) is 0 Å².